The van der Waals surface area contributed by atoms with Crippen LogP contribution >= 0.6 is 0 Å². The van der Waals surface area contributed by atoms with Crippen LogP contribution in [0.2, 0.25) is 0 Å². The Hall–Kier alpha value is -7.55. The number of pyridine rings is 5. The third-order valence-electron chi connectivity index (χ3n) is 22.6. The summed E-state index contributed by atoms with van der Waals surface area (Å²) in [5, 5.41) is 0. The Morgan fingerprint density at radius 1 is 0.296 bits per heavy atom. The van der Waals surface area contributed by atoms with Gasteiger partial charge in [-0.25, -0.2) is 0 Å². The molecule has 9 aliphatic rings. The first-order chi connectivity index (χ1) is 46.9. The number of aryl methyl sites for hydroxylation is 13. The maximum atomic E-state index is 4.66. The lowest BCUT2D eigenvalue weighted by atomic mass is 9.94. The first-order valence-corrected chi connectivity index (χ1v) is 37.8. The molecule has 0 amide bonds. The molecule has 0 spiro atoms. The molecule has 4 aliphatic carbocycles. The van der Waals surface area contributed by atoms with E-state index in [-0.39, 0.29) is 0 Å². The lowest BCUT2D eigenvalue weighted by molar-refractivity contribution is 0.187. The van der Waals surface area contributed by atoms with E-state index in [1.807, 2.05) is 19.3 Å². The fourth-order valence-corrected chi connectivity index (χ4v) is 17.9. The average molecular weight is 1330 g/mol. The Bertz CT molecular complexity index is 3530. The molecule has 15 nitrogen and oxygen atoms in total. The molecule has 5 aromatic rings. The van der Waals surface area contributed by atoms with Crippen LogP contribution in [0.25, 0.3) is 0 Å². The van der Waals surface area contributed by atoms with E-state index in [4.69, 9.17) is 0 Å². The summed E-state index contributed by atoms with van der Waals surface area (Å²) < 4.78 is 0. The topological polar surface area (TPSA) is 96.8 Å². The number of hydrogen-bond donors (Lipinski definition) is 0. The Kier molecular flexibility index (Phi) is 24.4. The summed E-state index contributed by atoms with van der Waals surface area (Å²) in [5.41, 5.74) is 21.8. The van der Waals surface area contributed by atoms with Crippen molar-refractivity contribution in [3.05, 3.63) is 178 Å². The van der Waals surface area contributed by atoms with E-state index < -0.39 is 0 Å². The maximum Gasteiger partial charge on any atom is 0.103 e. The maximum absolute atomic E-state index is 4.66. The highest BCUT2D eigenvalue weighted by atomic mass is 15.4. The van der Waals surface area contributed by atoms with E-state index in [1.54, 1.807) is 0 Å². The molecule has 0 saturated heterocycles. The van der Waals surface area contributed by atoms with Gasteiger partial charge in [-0.05, 0) is 248 Å². The Labute approximate surface area is 592 Å². The zero-order valence-corrected chi connectivity index (χ0v) is 64.0. The van der Waals surface area contributed by atoms with Gasteiger partial charge in [0.1, 0.15) is 30.8 Å². The first kappa shape index (κ1) is 73.2. The van der Waals surface area contributed by atoms with Gasteiger partial charge in [0, 0.05) is 122 Å². The normalized spacial score (nSPS) is 22.6. The molecule has 0 bridgehead atoms. The van der Waals surface area contributed by atoms with Gasteiger partial charge in [0.15, 0.2) is 0 Å². The molecule has 5 aliphatic heterocycles. The summed E-state index contributed by atoms with van der Waals surface area (Å²) in [5.74, 6) is 0. The van der Waals surface area contributed by atoms with Crippen molar-refractivity contribution in [2.45, 2.75) is 315 Å². The summed E-state index contributed by atoms with van der Waals surface area (Å²) in [7, 11) is 0. The Morgan fingerprint density at radius 2 is 0.541 bits per heavy atom. The standard InChI is InChI=1S/C18H27N3.2C17H25N3.C16H23N3.C15H23N3/c1-13-12-14(2)19-15(3)18(13)21-11-10-20(16(21)4)17-8-6-5-7-9-17;1-12-11-13(2)18-14(3)17(12)20-10-9-19(15(20)4)16-7-5-6-8-16;1-13-9-10-18-14(2)17(13)20-12-11-19(15(20)3)16-7-5-4-6-8-16;1-12-8-9-17-13(2)16(12)19-11-10-18(14(19)3)15-6-4-5-7-15;1-10(2)17-7-8-18(14(17)6)15-11(3)9-12(4)16-13(15)5/h10-12,16-17H,5-9H2,1-4H3;9-11,15-16H,5-8H2,1-4H3;9-12,15-16H,4-8H2,1-3H3;8-11,14-15H,4-7H2,1-3H3;7-10,14H,1-6H3/t16-;2*15-;2*14-/m11111/s1. The molecular formula is C83H123N15. The van der Waals surface area contributed by atoms with Gasteiger partial charge in [0.05, 0.1) is 56.9 Å². The summed E-state index contributed by atoms with van der Waals surface area (Å²) in [6.07, 6.45) is 52.7. The fourth-order valence-electron chi connectivity index (χ4n) is 17.9. The minimum absolute atomic E-state index is 0.354. The van der Waals surface area contributed by atoms with Gasteiger partial charge in [-0.2, -0.15) is 0 Å². The molecule has 98 heavy (non-hydrogen) atoms. The van der Waals surface area contributed by atoms with Crippen LogP contribution < -0.4 is 24.5 Å². The quantitative estimate of drug-likeness (QED) is 0.133. The third-order valence-corrected chi connectivity index (χ3v) is 22.6. The predicted molar refractivity (Wildman–Crippen MR) is 411 cm³/mol. The summed E-state index contributed by atoms with van der Waals surface area (Å²) >= 11 is 0. The van der Waals surface area contributed by atoms with Crippen molar-refractivity contribution in [1.82, 2.24) is 49.4 Å². The molecule has 10 heterocycles. The van der Waals surface area contributed by atoms with Gasteiger partial charge in [-0.15, -0.1) is 0 Å². The zero-order chi connectivity index (χ0) is 70.2. The Balaban J connectivity index is 0.000000133. The Morgan fingerprint density at radius 3 is 0.786 bits per heavy atom. The minimum atomic E-state index is 0.354. The summed E-state index contributed by atoms with van der Waals surface area (Å²) in [6.45, 7) is 43.5. The van der Waals surface area contributed by atoms with Crippen LogP contribution in [0.15, 0.2) is 105 Å². The van der Waals surface area contributed by atoms with Crippen LogP contribution in [0.4, 0.5) is 28.4 Å². The molecule has 0 N–H and O–H groups in total. The van der Waals surface area contributed by atoms with Crippen molar-refractivity contribution in [2.24, 2.45) is 0 Å². The second kappa shape index (κ2) is 32.6. The predicted octanol–water partition coefficient (Wildman–Crippen LogP) is 19.1. The van der Waals surface area contributed by atoms with Crippen LogP contribution in [0.5, 0.6) is 0 Å². The molecule has 4 fully saturated rings. The molecule has 0 radical (unpaired) electrons. The number of hydrogen-bond acceptors (Lipinski definition) is 15. The molecular weight excluding hydrogens is 1210 g/mol. The van der Waals surface area contributed by atoms with Crippen LogP contribution in [0, 0.1) is 90.0 Å². The molecule has 530 valence electrons. The van der Waals surface area contributed by atoms with E-state index in [0.717, 1.165) is 63.7 Å². The lowest BCUT2D eigenvalue weighted by Crippen LogP contribution is -2.43. The van der Waals surface area contributed by atoms with Crippen LogP contribution in [0.1, 0.15) is 237 Å². The molecule has 5 aromatic heterocycles. The fraction of sp³-hybridized carbons (Fsp3) is 0.578. The lowest BCUT2D eigenvalue weighted by Gasteiger charge is -2.38. The molecule has 4 saturated carbocycles. The van der Waals surface area contributed by atoms with Crippen LogP contribution in [-0.2, 0) is 0 Å². The largest absolute Gasteiger partial charge is 0.353 e. The van der Waals surface area contributed by atoms with E-state index in [2.05, 4.69) is 298 Å². The molecule has 0 unspecified atom stereocenters. The van der Waals surface area contributed by atoms with E-state index in [0.29, 0.717) is 42.9 Å². The van der Waals surface area contributed by atoms with Crippen molar-refractivity contribution in [2.75, 3.05) is 24.5 Å². The summed E-state index contributed by atoms with van der Waals surface area (Å²) in [6, 6.07) is 14.1. The molecule has 0 aromatic carbocycles. The third kappa shape index (κ3) is 16.3. The highest BCUT2D eigenvalue weighted by molar-refractivity contribution is 5.64. The van der Waals surface area contributed by atoms with Crippen molar-refractivity contribution in [3.63, 3.8) is 0 Å². The highest BCUT2D eigenvalue weighted by Gasteiger charge is 2.36. The summed E-state index contributed by atoms with van der Waals surface area (Å²) in [4.78, 5) is 47.2. The van der Waals surface area contributed by atoms with Crippen molar-refractivity contribution in [1.29, 1.82) is 0 Å². The van der Waals surface area contributed by atoms with E-state index >= 15 is 0 Å². The SMILES string of the molecule is Cc1cc(C)c(N2C=CN(C(C)C)[C@H]2C)c(C)n1.Cc1cc(C)c(N2C=CN(C3CCCC3)[C@H]2C)c(C)n1.Cc1cc(C)c(N2C=CN(C3CCCCC3)[C@H]2C)c(C)n1.Cc1ccnc(C)c1N1C=CN(C2CCCC2)[C@H]1C.Cc1ccnc(C)c1N1C=CN(C2CCCCC2)[C@H]1C. The number of rotatable bonds is 10. The van der Waals surface area contributed by atoms with Crippen molar-refractivity contribution >= 4 is 28.4 Å². The van der Waals surface area contributed by atoms with E-state index in [9.17, 15) is 0 Å². The van der Waals surface area contributed by atoms with Gasteiger partial charge >= 0.3 is 0 Å². The smallest absolute Gasteiger partial charge is 0.103 e. The highest BCUT2D eigenvalue weighted by Crippen LogP contribution is 2.40. The monoisotopic (exact) mass is 1330 g/mol. The number of anilines is 5. The second-order valence-corrected chi connectivity index (χ2v) is 30.1. The van der Waals surface area contributed by atoms with Gasteiger partial charge in [0.25, 0.3) is 0 Å². The zero-order valence-electron chi connectivity index (χ0n) is 64.0. The molecule has 15 heteroatoms. The van der Waals surface area contributed by atoms with Gasteiger partial charge < -0.3 is 49.0 Å². The van der Waals surface area contributed by atoms with Crippen LogP contribution in [-0.4, -0.2) is 110 Å². The molecule has 14 rings (SSSR count). The first-order valence-electron chi connectivity index (χ1n) is 37.8. The van der Waals surface area contributed by atoms with Crippen molar-refractivity contribution in [3.8, 4) is 0 Å². The average Bonchev–Trinajstić information content (AvgIpc) is 1.64. The van der Waals surface area contributed by atoms with Crippen LogP contribution in [0.3, 0.4) is 0 Å². The minimum Gasteiger partial charge on any atom is -0.353 e. The molecule has 5 atom stereocenters. The second-order valence-electron chi connectivity index (χ2n) is 30.1. The van der Waals surface area contributed by atoms with E-state index in [1.165, 1.54) is 172 Å². The van der Waals surface area contributed by atoms with Gasteiger partial charge in [-0.3, -0.25) is 24.9 Å². The van der Waals surface area contributed by atoms with Gasteiger partial charge in [-0.1, -0.05) is 64.2 Å². The van der Waals surface area contributed by atoms with Crippen molar-refractivity contribution < 1.29 is 0 Å². The van der Waals surface area contributed by atoms with Gasteiger partial charge in [0.2, 0.25) is 0 Å². The number of nitrogens with zero attached hydrogens (tertiary/aromatic N) is 15. The number of aromatic nitrogens is 5.